The van der Waals surface area contributed by atoms with Crippen molar-refractivity contribution in [1.82, 2.24) is 5.32 Å². The van der Waals surface area contributed by atoms with E-state index >= 15 is 0 Å². The summed E-state index contributed by atoms with van der Waals surface area (Å²) in [5.74, 6) is 0.956. The number of carbonyl (C=O) groups excluding carboxylic acids is 1. The molecule has 92 valence electrons. The fraction of sp³-hybridized carbons (Fsp3) is 0.500. The third kappa shape index (κ3) is 3.56. The number of nitrogen functional groups attached to an aromatic ring is 1. The lowest BCUT2D eigenvalue weighted by Gasteiger charge is -2.22. The van der Waals surface area contributed by atoms with Crippen molar-refractivity contribution in [2.75, 3.05) is 18.8 Å². The zero-order valence-corrected chi connectivity index (χ0v) is 10.1. The number of nitrogens with two attached hydrogens (primary N) is 1. The number of rotatable bonds is 4. The molecule has 1 fully saturated rings. The summed E-state index contributed by atoms with van der Waals surface area (Å²) in [5.41, 5.74) is 7.09. The average Bonchev–Trinajstić information content (AvgIpc) is 2.38. The normalized spacial score (nSPS) is 16.9. The van der Waals surface area contributed by atoms with E-state index < -0.39 is 0 Å². The van der Waals surface area contributed by atoms with Crippen LogP contribution < -0.4 is 11.1 Å². The molecular formula is C14H20N2O. The Kier molecular flexibility index (Phi) is 4.15. The molecule has 0 spiro atoms. The van der Waals surface area contributed by atoms with Crippen LogP contribution in [-0.2, 0) is 0 Å². The van der Waals surface area contributed by atoms with Gasteiger partial charge in [-0.25, -0.2) is 0 Å². The van der Waals surface area contributed by atoms with Crippen molar-refractivity contribution in [3.8, 4) is 0 Å². The van der Waals surface area contributed by atoms with Crippen molar-refractivity contribution in [3.05, 3.63) is 29.8 Å². The standard InChI is InChI=1S/C14H20N2O/c15-13-4-2-12(3-5-13)14(17)6-1-11-7-9-16-10-8-11/h2-5,11,16H,1,6-10,15H2. The van der Waals surface area contributed by atoms with Crippen LogP contribution in [0, 0.1) is 5.92 Å². The van der Waals surface area contributed by atoms with Crippen molar-refractivity contribution in [3.63, 3.8) is 0 Å². The summed E-state index contributed by atoms with van der Waals surface area (Å²) in [6, 6.07) is 7.22. The Hall–Kier alpha value is -1.35. The Morgan fingerprint density at radius 1 is 1.24 bits per heavy atom. The van der Waals surface area contributed by atoms with E-state index in [1.54, 1.807) is 12.1 Å². The van der Waals surface area contributed by atoms with E-state index in [1.165, 1.54) is 12.8 Å². The number of hydrogen-bond donors (Lipinski definition) is 2. The Bertz CT molecular complexity index is 366. The quantitative estimate of drug-likeness (QED) is 0.618. The lowest BCUT2D eigenvalue weighted by atomic mass is 9.91. The lowest BCUT2D eigenvalue weighted by molar-refractivity contribution is 0.0971. The topological polar surface area (TPSA) is 55.1 Å². The van der Waals surface area contributed by atoms with E-state index in [-0.39, 0.29) is 5.78 Å². The number of ketones is 1. The monoisotopic (exact) mass is 232 g/mol. The van der Waals surface area contributed by atoms with Crippen molar-refractivity contribution in [2.45, 2.75) is 25.7 Å². The second kappa shape index (κ2) is 5.82. The van der Waals surface area contributed by atoms with Crippen LogP contribution in [0.4, 0.5) is 5.69 Å². The molecule has 3 N–H and O–H groups in total. The van der Waals surface area contributed by atoms with Gasteiger partial charge in [0.15, 0.2) is 5.78 Å². The van der Waals surface area contributed by atoms with Gasteiger partial charge in [-0.15, -0.1) is 0 Å². The number of nitrogens with one attached hydrogen (secondary N) is 1. The van der Waals surface area contributed by atoms with Gasteiger partial charge in [0.2, 0.25) is 0 Å². The van der Waals surface area contributed by atoms with Crippen LogP contribution in [0.15, 0.2) is 24.3 Å². The second-order valence-electron chi connectivity index (χ2n) is 4.78. The molecule has 1 aromatic carbocycles. The molecule has 0 atom stereocenters. The fourth-order valence-corrected chi connectivity index (χ4v) is 2.32. The van der Waals surface area contributed by atoms with E-state index in [2.05, 4.69) is 5.32 Å². The van der Waals surface area contributed by atoms with E-state index in [1.807, 2.05) is 12.1 Å². The van der Waals surface area contributed by atoms with Gasteiger partial charge in [-0.05, 0) is 62.5 Å². The third-order valence-corrected chi connectivity index (χ3v) is 3.47. The Morgan fingerprint density at radius 2 is 1.88 bits per heavy atom. The molecule has 2 rings (SSSR count). The first-order valence-corrected chi connectivity index (χ1v) is 6.35. The molecule has 1 aliphatic heterocycles. The minimum absolute atomic E-state index is 0.239. The van der Waals surface area contributed by atoms with Crippen LogP contribution in [0.1, 0.15) is 36.0 Å². The summed E-state index contributed by atoms with van der Waals surface area (Å²) in [7, 11) is 0. The smallest absolute Gasteiger partial charge is 0.162 e. The number of hydrogen-bond acceptors (Lipinski definition) is 3. The molecular weight excluding hydrogens is 212 g/mol. The zero-order valence-electron chi connectivity index (χ0n) is 10.1. The number of benzene rings is 1. The third-order valence-electron chi connectivity index (χ3n) is 3.47. The van der Waals surface area contributed by atoms with E-state index in [4.69, 9.17) is 5.73 Å². The van der Waals surface area contributed by atoms with Gasteiger partial charge in [0.05, 0.1) is 0 Å². The van der Waals surface area contributed by atoms with Gasteiger partial charge >= 0.3 is 0 Å². The van der Waals surface area contributed by atoms with Gasteiger partial charge in [0.1, 0.15) is 0 Å². The summed E-state index contributed by atoms with van der Waals surface area (Å²) >= 11 is 0. The van der Waals surface area contributed by atoms with Gasteiger partial charge in [-0.3, -0.25) is 4.79 Å². The molecule has 0 amide bonds. The molecule has 0 aliphatic carbocycles. The Morgan fingerprint density at radius 3 is 2.53 bits per heavy atom. The molecule has 0 radical (unpaired) electrons. The highest BCUT2D eigenvalue weighted by molar-refractivity contribution is 5.96. The van der Waals surface area contributed by atoms with E-state index in [0.717, 1.165) is 25.1 Å². The van der Waals surface area contributed by atoms with Gasteiger partial charge < -0.3 is 11.1 Å². The summed E-state index contributed by atoms with van der Waals surface area (Å²) < 4.78 is 0. The molecule has 1 aromatic rings. The predicted molar refractivity (Wildman–Crippen MR) is 70.0 cm³/mol. The molecule has 1 aliphatic rings. The maximum absolute atomic E-state index is 11.9. The summed E-state index contributed by atoms with van der Waals surface area (Å²) in [5, 5.41) is 3.34. The number of carbonyl (C=O) groups is 1. The molecule has 1 heterocycles. The number of Topliss-reactive ketones (excluding diaryl/α,β-unsaturated/α-hetero) is 1. The Labute approximate surface area is 102 Å². The zero-order chi connectivity index (χ0) is 12.1. The molecule has 1 saturated heterocycles. The fourth-order valence-electron chi connectivity index (χ4n) is 2.32. The average molecular weight is 232 g/mol. The van der Waals surface area contributed by atoms with Crippen LogP contribution in [0.3, 0.4) is 0 Å². The van der Waals surface area contributed by atoms with Crippen molar-refractivity contribution >= 4 is 11.5 Å². The van der Waals surface area contributed by atoms with Gasteiger partial charge in [-0.1, -0.05) is 0 Å². The van der Waals surface area contributed by atoms with E-state index in [9.17, 15) is 4.79 Å². The van der Waals surface area contributed by atoms with Crippen molar-refractivity contribution in [2.24, 2.45) is 5.92 Å². The lowest BCUT2D eigenvalue weighted by Crippen LogP contribution is -2.27. The van der Waals surface area contributed by atoms with E-state index in [0.29, 0.717) is 18.0 Å². The van der Waals surface area contributed by atoms with Crippen LogP contribution in [0.25, 0.3) is 0 Å². The van der Waals surface area contributed by atoms with Gasteiger partial charge in [0.25, 0.3) is 0 Å². The second-order valence-corrected chi connectivity index (χ2v) is 4.78. The predicted octanol–water partition coefficient (Wildman–Crippen LogP) is 2.23. The molecule has 0 unspecified atom stereocenters. The van der Waals surface area contributed by atoms with Crippen molar-refractivity contribution < 1.29 is 4.79 Å². The highest BCUT2D eigenvalue weighted by atomic mass is 16.1. The molecule has 3 nitrogen and oxygen atoms in total. The summed E-state index contributed by atoms with van der Waals surface area (Å²) in [6.07, 6.45) is 4.09. The molecule has 17 heavy (non-hydrogen) atoms. The summed E-state index contributed by atoms with van der Waals surface area (Å²) in [6.45, 7) is 2.20. The molecule has 3 heteroatoms. The Balaban J connectivity index is 1.82. The maximum Gasteiger partial charge on any atom is 0.162 e. The first-order valence-electron chi connectivity index (χ1n) is 6.35. The minimum atomic E-state index is 0.239. The minimum Gasteiger partial charge on any atom is -0.399 e. The number of piperidine rings is 1. The van der Waals surface area contributed by atoms with Crippen LogP contribution in [0.2, 0.25) is 0 Å². The SMILES string of the molecule is Nc1ccc(C(=O)CCC2CCNCC2)cc1. The largest absolute Gasteiger partial charge is 0.399 e. The van der Waals surface area contributed by atoms with Crippen LogP contribution >= 0.6 is 0 Å². The van der Waals surface area contributed by atoms with Gasteiger partial charge in [-0.2, -0.15) is 0 Å². The molecule has 0 bridgehead atoms. The molecule has 0 saturated carbocycles. The maximum atomic E-state index is 11.9. The highest BCUT2D eigenvalue weighted by Gasteiger charge is 2.15. The summed E-state index contributed by atoms with van der Waals surface area (Å²) in [4.78, 5) is 11.9. The van der Waals surface area contributed by atoms with Gasteiger partial charge in [0, 0.05) is 17.7 Å². The van der Waals surface area contributed by atoms with Crippen LogP contribution in [0.5, 0.6) is 0 Å². The highest BCUT2D eigenvalue weighted by Crippen LogP contribution is 2.19. The van der Waals surface area contributed by atoms with Crippen LogP contribution in [-0.4, -0.2) is 18.9 Å². The van der Waals surface area contributed by atoms with Crippen molar-refractivity contribution in [1.29, 1.82) is 0 Å². The first kappa shape index (κ1) is 12.1. The number of anilines is 1. The molecule has 0 aromatic heterocycles. The first-order chi connectivity index (χ1) is 8.25.